The summed E-state index contributed by atoms with van der Waals surface area (Å²) in [6.45, 7) is 3.20. The molecule has 2 saturated heterocycles. The molecule has 7 heteroatoms. The first kappa shape index (κ1) is 14.4. The lowest BCUT2D eigenvalue weighted by Gasteiger charge is -2.24. The van der Waals surface area contributed by atoms with Crippen molar-refractivity contribution in [1.29, 1.82) is 0 Å². The molecule has 2 aliphatic heterocycles. The van der Waals surface area contributed by atoms with Crippen molar-refractivity contribution in [2.45, 2.75) is 44.1 Å². The Morgan fingerprint density at radius 2 is 2.05 bits per heavy atom. The van der Waals surface area contributed by atoms with Gasteiger partial charge in [-0.05, 0) is 32.1 Å². The quantitative estimate of drug-likeness (QED) is 0.911. The number of anilines is 1. The van der Waals surface area contributed by atoms with E-state index in [9.17, 15) is 4.79 Å². The Balaban J connectivity index is 1.31. The second kappa shape index (κ2) is 6.12. The molecule has 1 aliphatic carbocycles. The average molecular weight is 322 g/mol. The lowest BCUT2D eigenvalue weighted by molar-refractivity contribution is -0.125. The summed E-state index contributed by atoms with van der Waals surface area (Å²) in [6, 6.07) is 0.290. The summed E-state index contributed by atoms with van der Waals surface area (Å²) in [6.07, 6.45) is 5.23. The van der Waals surface area contributed by atoms with Gasteiger partial charge in [-0.1, -0.05) is 0 Å². The molecule has 0 radical (unpaired) electrons. The molecule has 1 amide bonds. The largest absolute Gasteiger partial charge is 0.381 e. The zero-order valence-electron chi connectivity index (χ0n) is 12.7. The van der Waals surface area contributed by atoms with E-state index in [1.54, 1.807) is 0 Å². The van der Waals surface area contributed by atoms with Gasteiger partial charge in [0.05, 0.1) is 5.92 Å². The number of rotatable bonds is 4. The Labute approximate surface area is 134 Å². The van der Waals surface area contributed by atoms with Crippen LogP contribution >= 0.6 is 11.5 Å². The fourth-order valence-corrected chi connectivity index (χ4v) is 3.95. The zero-order chi connectivity index (χ0) is 14.9. The van der Waals surface area contributed by atoms with E-state index < -0.39 is 0 Å². The molecule has 6 nitrogen and oxygen atoms in total. The highest BCUT2D eigenvalue weighted by Crippen LogP contribution is 2.40. The van der Waals surface area contributed by atoms with E-state index in [2.05, 4.69) is 19.6 Å². The number of aromatic nitrogens is 2. The third-order valence-electron chi connectivity index (χ3n) is 4.77. The summed E-state index contributed by atoms with van der Waals surface area (Å²) in [4.78, 5) is 19.3. The number of hydrogen-bond donors (Lipinski definition) is 1. The van der Waals surface area contributed by atoms with Gasteiger partial charge in [-0.2, -0.15) is 4.37 Å². The topological polar surface area (TPSA) is 67.3 Å². The molecule has 120 valence electrons. The molecule has 0 aromatic carbocycles. The molecule has 4 rings (SSSR count). The molecule has 3 aliphatic rings. The maximum Gasteiger partial charge on any atom is 0.225 e. The SMILES string of the molecule is O=C(NC1CCOCC1)C1CCN(c2nc(C3CC3)ns2)C1. The van der Waals surface area contributed by atoms with Crippen LogP contribution in [0.2, 0.25) is 0 Å². The van der Waals surface area contributed by atoms with Crippen molar-refractivity contribution in [3.8, 4) is 0 Å². The van der Waals surface area contributed by atoms with Crippen LogP contribution in [0, 0.1) is 5.92 Å². The predicted molar refractivity (Wildman–Crippen MR) is 84.2 cm³/mol. The van der Waals surface area contributed by atoms with E-state index in [1.165, 1.54) is 24.4 Å². The number of carbonyl (C=O) groups excluding carboxylic acids is 1. The van der Waals surface area contributed by atoms with Crippen molar-refractivity contribution in [3.05, 3.63) is 5.82 Å². The standard InChI is InChI=1S/C15H22N4O2S/c20-14(16-12-4-7-21-8-5-12)11-3-6-19(9-11)15-17-13(18-22-15)10-1-2-10/h10-12H,1-9H2,(H,16,20). The minimum atomic E-state index is 0.0797. The molecule has 0 spiro atoms. The van der Waals surface area contributed by atoms with Gasteiger partial charge in [0.2, 0.25) is 11.0 Å². The number of nitrogens with zero attached hydrogens (tertiary/aromatic N) is 3. The summed E-state index contributed by atoms with van der Waals surface area (Å²) in [5.41, 5.74) is 0. The maximum absolute atomic E-state index is 12.4. The summed E-state index contributed by atoms with van der Waals surface area (Å²) in [5, 5.41) is 4.18. The minimum Gasteiger partial charge on any atom is -0.381 e. The van der Waals surface area contributed by atoms with Gasteiger partial charge in [0, 0.05) is 49.8 Å². The third-order valence-corrected chi connectivity index (χ3v) is 5.56. The van der Waals surface area contributed by atoms with Crippen LogP contribution in [0.15, 0.2) is 0 Å². The normalized spacial score (nSPS) is 26.4. The molecule has 1 saturated carbocycles. The second-order valence-corrected chi connectivity index (χ2v) is 7.27. The van der Waals surface area contributed by atoms with Crippen molar-refractivity contribution in [2.75, 3.05) is 31.2 Å². The summed E-state index contributed by atoms with van der Waals surface area (Å²) >= 11 is 1.48. The smallest absolute Gasteiger partial charge is 0.225 e. The van der Waals surface area contributed by atoms with Crippen LogP contribution in [0.25, 0.3) is 0 Å². The van der Waals surface area contributed by atoms with Gasteiger partial charge in [-0.3, -0.25) is 4.79 Å². The van der Waals surface area contributed by atoms with E-state index in [0.29, 0.717) is 12.0 Å². The fourth-order valence-electron chi connectivity index (χ4n) is 3.17. The molecular weight excluding hydrogens is 300 g/mol. The van der Waals surface area contributed by atoms with Gasteiger partial charge in [-0.25, -0.2) is 4.98 Å². The van der Waals surface area contributed by atoms with Crippen molar-refractivity contribution >= 4 is 22.6 Å². The van der Waals surface area contributed by atoms with Crippen LogP contribution in [0.3, 0.4) is 0 Å². The average Bonchev–Trinajstić information content (AvgIpc) is 3.08. The van der Waals surface area contributed by atoms with Crippen LogP contribution in [0.5, 0.6) is 0 Å². The number of nitrogens with one attached hydrogen (secondary N) is 1. The summed E-state index contributed by atoms with van der Waals surface area (Å²) in [5.74, 6) is 1.88. The van der Waals surface area contributed by atoms with Crippen molar-refractivity contribution in [1.82, 2.24) is 14.7 Å². The lowest BCUT2D eigenvalue weighted by atomic mass is 10.1. The number of amides is 1. The molecule has 1 atom stereocenters. The van der Waals surface area contributed by atoms with Gasteiger partial charge >= 0.3 is 0 Å². The van der Waals surface area contributed by atoms with Gasteiger partial charge in [0.1, 0.15) is 5.82 Å². The molecular formula is C15H22N4O2S. The minimum absolute atomic E-state index is 0.0797. The van der Waals surface area contributed by atoms with E-state index in [4.69, 9.17) is 4.74 Å². The highest BCUT2D eigenvalue weighted by Gasteiger charge is 2.33. The van der Waals surface area contributed by atoms with Gasteiger partial charge in [-0.15, -0.1) is 0 Å². The van der Waals surface area contributed by atoms with Gasteiger partial charge < -0.3 is 15.0 Å². The van der Waals surface area contributed by atoms with E-state index in [0.717, 1.165) is 56.5 Å². The van der Waals surface area contributed by atoms with Crippen molar-refractivity contribution < 1.29 is 9.53 Å². The summed E-state index contributed by atoms with van der Waals surface area (Å²) in [7, 11) is 0. The fraction of sp³-hybridized carbons (Fsp3) is 0.800. The Kier molecular flexibility index (Phi) is 4.00. The monoisotopic (exact) mass is 322 g/mol. The van der Waals surface area contributed by atoms with Crippen molar-refractivity contribution in [2.24, 2.45) is 5.92 Å². The maximum atomic E-state index is 12.4. The zero-order valence-corrected chi connectivity index (χ0v) is 13.5. The van der Waals surface area contributed by atoms with Gasteiger partial charge in [0.25, 0.3) is 0 Å². The van der Waals surface area contributed by atoms with E-state index in [-0.39, 0.29) is 11.8 Å². The van der Waals surface area contributed by atoms with Crippen LogP contribution < -0.4 is 10.2 Å². The molecule has 22 heavy (non-hydrogen) atoms. The Hall–Kier alpha value is -1.21. The Morgan fingerprint density at radius 3 is 2.82 bits per heavy atom. The lowest BCUT2D eigenvalue weighted by Crippen LogP contribution is -2.42. The third kappa shape index (κ3) is 3.10. The van der Waals surface area contributed by atoms with Crippen LogP contribution in [-0.2, 0) is 9.53 Å². The molecule has 1 aromatic rings. The first-order chi connectivity index (χ1) is 10.8. The second-order valence-electron chi connectivity index (χ2n) is 6.54. The molecule has 0 bridgehead atoms. The van der Waals surface area contributed by atoms with Gasteiger partial charge in [0.15, 0.2) is 0 Å². The van der Waals surface area contributed by atoms with E-state index in [1.807, 2.05) is 0 Å². The number of ether oxygens (including phenoxy) is 1. The first-order valence-electron chi connectivity index (χ1n) is 8.26. The van der Waals surface area contributed by atoms with E-state index >= 15 is 0 Å². The molecule has 3 heterocycles. The summed E-state index contributed by atoms with van der Waals surface area (Å²) < 4.78 is 9.80. The highest BCUT2D eigenvalue weighted by atomic mass is 32.1. The molecule has 1 N–H and O–H groups in total. The van der Waals surface area contributed by atoms with Crippen LogP contribution in [0.4, 0.5) is 5.13 Å². The molecule has 1 unspecified atom stereocenters. The number of carbonyl (C=O) groups is 1. The Morgan fingerprint density at radius 1 is 1.23 bits per heavy atom. The van der Waals surface area contributed by atoms with Crippen LogP contribution in [0.1, 0.15) is 43.8 Å². The molecule has 3 fully saturated rings. The predicted octanol–water partition coefficient (Wildman–Crippen LogP) is 1.54. The first-order valence-corrected chi connectivity index (χ1v) is 9.03. The molecule has 1 aromatic heterocycles. The Bertz CT molecular complexity index is 539. The highest BCUT2D eigenvalue weighted by molar-refractivity contribution is 7.09. The van der Waals surface area contributed by atoms with Crippen molar-refractivity contribution in [3.63, 3.8) is 0 Å². The van der Waals surface area contributed by atoms with Crippen LogP contribution in [-0.4, -0.2) is 47.6 Å². The number of hydrogen-bond acceptors (Lipinski definition) is 6.